The number of hydrogen-bond acceptors (Lipinski definition) is 5. The molecule has 0 saturated heterocycles. The van der Waals surface area contributed by atoms with E-state index in [1.807, 2.05) is 0 Å². The first-order valence-corrected chi connectivity index (χ1v) is 7.29. The van der Waals surface area contributed by atoms with Crippen LogP contribution in [0.5, 0.6) is 0 Å². The van der Waals surface area contributed by atoms with Gasteiger partial charge in [-0.05, 0) is 12.1 Å². The number of sulfone groups is 1. The van der Waals surface area contributed by atoms with Crippen LogP contribution in [0.1, 0.15) is 5.56 Å². The van der Waals surface area contributed by atoms with Crippen LogP contribution in [0.25, 0.3) is 17.0 Å². The minimum absolute atomic E-state index is 0.107. The van der Waals surface area contributed by atoms with Crippen molar-refractivity contribution < 1.29 is 13.3 Å². The Labute approximate surface area is 114 Å². The van der Waals surface area contributed by atoms with Crippen LogP contribution in [0.15, 0.2) is 29.3 Å². The molecule has 1 aromatic carbocycles. The highest BCUT2D eigenvalue weighted by molar-refractivity contribution is 7.95. The molecule has 1 aromatic heterocycles. The largest absolute Gasteiger partial charge is 0.361 e. The van der Waals surface area contributed by atoms with Gasteiger partial charge in [0.15, 0.2) is 9.84 Å². The van der Waals surface area contributed by atoms with Crippen molar-refractivity contribution in [2.75, 3.05) is 6.26 Å². The Kier molecular flexibility index (Phi) is 3.29. The summed E-state index contributed by atoms with van der Waals surface area (Å²) in [5.41, 5.74) is 0.919. The van der Waals surface area contributed by atoms with E-state index in [2.05, 4.69) is 4.98 Å². The molecule has 0 saturated carbocycles. The topological polar surface area (TPSA) is 117 Å². The van der Waals surface area contributed by atoms with E-state index >= 15 is 0 Å². The molecule has 8 heteroatoms. The Morgan fingerprint density at radius 3 is 2.75 bits per heavy atom. The molecule has 0 unspecified atom stereocenters. The average molecular weight is 291 g/mol. The molecule has 0 atom stereocenters. The summed E-state index contributed by atoms with van der Waals surface area (Å²) in [4.78, 5) is 12.7. The molecule has 0 aliphatic rings. The first-order chi connectivity index (χ1) is 9.32. The number of benzene rings is 1. The zero-order valence-corrected chi connectivity index (χ0v) is 11.1. The van der Waals surface area contributed by atoms with Gasteiger partial charge in [-0.2, -0.15) is 5.26 Å². The van der Waals surface area contributed by atoms with Gasteiger partial charge >= 0.3 is 0 Å². The number of allylic oxidation sites excluding steroid dienone is 1. The van der Waals surface area contributed by atoms with Gasteiger partial charge < -0.3 is 4.98 Å². The highest BCUT2D eigenvalue weighted by atomic mass is 32.2. The SMILES string of the molecule is CS(=O)(=O)/C(C#N)=C\c1c[nH]c2ccc([N+](=O)[O-])cc12. The second-order valence-electron chi connectivity index (χ2n) is 4.12. The number of fused-ring (bicyclic) bond motifs is 1. The van der Waals surface area contributed by atoms with Crippen LogP contribution in [0.3, 0.4) is 0 Å². The molecule has 0 aliphatic heterocycles. The number of nitrogens with zero attached hydrogens (tertiary/aromatic N) is 2. The first kappa shape index (κ1) is 13.8. The molecule has 7 nitrogen and oxygen atoms in total. The van der Waals surface area contributed by atoms with Crippen LogP contribution in [0.2, 0.25) is 0 Å². The third-order valence-corrected chi connectivity index (χ3v) is 3.71. The minimum atomic E-state index is -3.63. The van der Waals surface area contributed by atoms with Crippen molar-refractivity contribution in [3.8, 4) is 6.07 Å². The van der Waals surface area contributed by atoms with Gasteiger partial charge in [-0.3, -0.25) is 10.1 Å². The lowest BCUT2D eigenvalue weighted by Crippen LogP contribution is -1.98. The number of nitrogens with one attached hydrogen (secondary N) is 1. The van der Waals surface area contributed by atoms with Gasteiger partial charge in [-0.25, -0.2) is 8.42 Å². The molecule has 2 rings (SSSR count). The smallest absolute Gasteiger partial charge is 0.270 e. The van der Waals surface area contributed by atoms with E-state index in [1.54, 1.807) is 6.07 Å². The van der Waals surface area contributed by atoms with Crippen LogP contribution in [-0.2, 0) is 9.84 Å². The van der Waals surface area contributed by atoms with Gasteiger partial charge in [0.2, 0.25) is 0 Å². The number of aromatic amines is 1. The van der Waals surface area contributed by atoms with Crippen LogP contribution in [0.4, 0.5) is 5.69 Å². The van der Waals surface area contributed by atoms with Gasteiger partial charge in [-0.1, -0.05) is 0 Å². The van der Waals surface area contributed by atoms with Crippen molar-refractivity contribution in [2.24, 2.45) is 0 Å². The lowest BCUT2D eigenvalue weighted by atomic mass is 10.1. The maximum atomic E-state index is 11.4. The molecular formula is C12H9N3O4S. The van der Waals surface area contributed by atoms with Crippen molar-refractivity contribution in [1.82, 2.24) is 4.98 Å². The van der Waals surface area contributed by atoms with E-state index in [-0.39, 0.29) is 5.69 Å². The zero-order valence-electron chi connectivity index (χ0n) is 10.3. The highest BCUT2D eigenvalue weighted by Crippen LogP contribution is 2.25. The standard InChI is InChI=1S/C12H9N3O4S/c1-20(18,19)10(6-13)4-8-7-14-12-3-2-9(15(16)17)5-11(8)12/h2-5,7,14H,1H3/b10-4-. The summed E-state index contributed by atoms with van der Waals surface area (Å²) in [6, 6.07) is 5.80. The monoisotopic (exact) mass is 291 g/mol. The highest BCUT2D eigenvalue weighted by Gasteiger charge is 2.14. The lowest BCUT2D eigenvalue weighted by molar-refractivity contribution is -0.384. The second-order valence-corrected chi connectivity index (χ2v) is 6.11. The Hall–Kier alpha value is -2.66. The molecule has 20 heavy (non-hydrogen) atoms. The van der Waals surface area contributed by atoms with Gasteiger partial charge in [0, 0.05) is 41.1 Å². The summed E-state index contributed by atoms with van der Waals surface area (Å²) >= 11 is 0. The summed E-state index contributed by atoms with van der Waals surface area (Å²) < 4.78 is 22.8. The van der Waals surface area contributed by atoms with E-state index in [4.69, 9.17) is 5.26 Å². The fraction of sp³-hybridized carbons (Fsp3) is 0.0833. The van der Waals surface area contributed by atoms with Gasteiger partial charge in [0.1, 0.15) is 11.0 Å². The predicted octanol–water partition coefficient (Wildman–Crippen LogP) is 1.99. The average Bonchev–Trinajstić information content (AvgIpc) is 2.76. The van der Waals surface area contributed by atoms with Gasteiger partial charge in [0.25, 0.3) is 5.69 Å². The number of aromatic nitrogens is 1. The van der Waals surface area contributed by atoms with Gasteiger partial charge in [-0.15, -0.1) is 0 Å². The lowest BCUT2D eigenvalue weighted by Gasteiger charge is -1.96. The third-order valence-electron chi connectivity index (χ3n) is 2.70. The molecule has 0 fully saturated rings. The molecule has 102 valence electrons. The normalized spacial score (nSPS) is 12.3. The van der Waals surface area contributed by atoms with E-state index < -0.39 is 19.7 Å². The molecule has 0 bridgehead atoms. The molecule has 0 radical (unpaired) electrons. The van der Waals surface area contributed by atoms with E-state index in [0.717, 1.165) is 6.26 Å². The second kappa shape index (κ2) is 4.79. The molecule has 1 heterocycles. The molecular weight excluding hydrogens is 282 g/mol. The number of rotatable bonds is 3. The summed E-state index contributed by atoms with van der Waals surface area (Å²) in [7, 11) is -3.63. The fourth-order valence-electron chi connectivity index (χ4n) is 1.73. The Morgan fingerprint density at radius 2 is 2.20 bits per heavy atom. The zero-order chi connectivity index (χ0) is 14.9. The number of nitro groups is 1. The van der Waals surface area contributed by atoms with Crippen LogP contribution < -0.4 is 0 Å². The summed E-state index contributed by atoms with van der Waals surface area (Å²) in [6.07, 6.45) is 3.62. The quantitative estimate of drug-likeness (QED) is 0.527. The van der Waals surface area contributed by atoms with E-state index in [0.29, 0.717) is 16.5 Å². The Morgan fingerprint density at radius 1 is 1.50 bits per heavy atom. The van der Waals surface area contributed by atoms with Crippen molar-refractivity contribution in [3.63, 3.8) is 0 Å². The Balaban J connectivity index is 2.67. The van der Waals surface area contributed by atoms with Crippen LogP contribution in [-0.4, -0.2) is 24.6 Å². The summed E-state index contributed by atoms with van der Waals surface area (Å²) in [5, 5.41) is 20.1. The summed E-state index contributed by atoms with van der Waals surface area (Å²) in [5.74, 6) is 0. The van der Waals surface area contributed by atoms with Crippen molar-refractivity contribution in [3.05, 3.63) is 45.0 Å². The maximum Gasteiger partial charge on any atom is 0.270 e. The van der Waals surface area contributed by atoms with Crippen LogP contribution >= 0.6 is 0 Å². The number of nitro benzene ring substituents is 1. The molecule has 0 amide bonds. The van der Waals surface area contributed by atoms with Crippen LogP contribution in [0, 0.1) is 21.4 Å². The predicted molar refractivity (Wildman–Crippen MR) is 73.4 cm³/mol. The van der Waals surface area contributed by atoms with Crippen molar-refractivity contribution in [2.45, 2.75) is 0 Å². The molecule has 1 N–H and O–H groups in total. The number of non-ortho nitro benzene ring substituents is 1. The van der Waals surface area contributed by atoms with E-state index in [9.17, 15) is 18.5 Å². The first-order valence-electron chi connectivity index (χ1n) is 5.40. The van der Waals surface area contributed by atoms with Gasteiger partial charge in [0.05, 0.1) is 4.92 Å². The summed E-state index contributed by atoms with van der Waals surface area (Å²) in [6.45, 7) is 0. The molecule has 0 aliphatic carbocycles. The Bertz CT molecular complexity index is 872. The molecule has 2 aromatic rings. The van der Waals surface area contributed by atoms with Crippen molar-refractivity contribution in [1.29, 1.82) is 5.26 Å². The van der Waals surface area contributed by atoms with E-state index in [1.165, 1.54) is 30.5 Å². The molecule has 0 spiro atoms. The van der Waals surface area contributed by atoms with Crippen molar-refractivity contribution >= 4 is 32.5 Å². The number of nitriles is 1. The number of H-pyrrole nitrogens is 1. The number of hydrogen-bond donors (Lipinski definition) is 1. The third kappa shape index (κ3) is 2.53. The minimum Gasteiger partial charge on any atom is -0.361 e. The fourth-order valence-corrected chi connectivity index (χ4v) is 2.23. The maximum absolute atomic E-state index is 11.4.